The molecule has 8 heteroatoms. The van der Waals surface area contributed by atoms with Crippen molar-refractivity contribution in [1.29, 1.82) is 0 Å². The molecule has 1 aliphatic rings. The summed E-state index contributed by atoms with van der Waals surface area (Å²) < 4.78 is 32.6. The zero-order valence-electron chi connectivity index (χ0n) is 13.9. The minimum absolute atomic E-state index is 0.0704. The predicted molar refractivity (Wildman–Crippen MR) is 100 cm³/mol. The third-order valence-corrected chi connectivity index (χ3v) is 5.84. The van der Waals surface area contributed by atoms with Crippen molar-refractivity contribution in [2.24, 2.45) is 0 Å². The smallest absolute Gasteiger partial charge is 0.257 e. The Morgan fingerprint density at radius 1 is 1.15 bits per heavy atom. The number of nitrogens with one attached hydrogen (secondary N) is 2. The molecule has 0 bridgehead atoms. The van der Waals surface area contributed by atoms with Gasteiger partial charge in [0.1, 0.15) is 0 Å². The molecule has 1 heterocycles. The molecule has 2 aromatic carbocycles. The minimum Gasteiger partial charge on any atom is -0.377 e. The molecule has 1 aliphatic heterocycles. The number of amides is 1. The Morgan fingerprint density at radius 2 is 1.88 bits per heavy atom. The van der Waals surface area contributed by atoms with Gasteiger partial charge >= 0.3 is 0 Å². The van der Waals surface area contributed by atoms with Gasteiger partial charge in [0.25, 0.3) is 5.91 Å². The largest absolute Gasteiger partial charge is 0.377 e. The van der Waals surface area contributed by atoms with E-state index < -0.39 is 10.0 Å². The van der Waals surface area contributed by atoms with E-state index >= 15 is 0 Å². The van der Waals surface area contributed by atoms with Gasteiger partial charge in [-0.15, -0.1) is 0 Å². The number of sulfonamides is 1. The van der Waals surface area contributed by atoms with Crippen molar-refractivity contribution in [2.45, 2.75) is 23.8 Å². The highest BCUT2D eigenvalue weighted by Gasteiger charge is 2.20. The van der Waals surface area contributed by atoms with Crippen molar-refractivity contribution in [3.63, 3.8) is 0 Å². The zero-order valence-corrected chi connectivity index (χ0v) is 15.5. The molecule has 0 saturated carbocycles. The fourth-order valence-corrected chi connectivity index (χ4v) is 3.94. The van der Waals surface area contributed by atoms with Gasteiger partial charge in [-0.1, -0.05) is 23.7 Å². The first kappa shape index (κ1) is 18.8. The minimum atomic E-state index is -3.62. The lowest BCUT2D eigenvalue weighted by molar-refractivity contribution is 0.102. The molecule has 1 amide bonds. The number of carbonyl (C=O) groups excluding carboxylic acids is 1. The lowest BCUT2D eigenvalue weighted by atomic mass is 10.2. The fraction of sp³-hybridized carbons (Fsp3) is 0.278. The van der Waals surface area contributed by atoms with Crippen molar-refractivity contribution < 1.29 is 17.9 Å². The fourth-order valence-electron chi connectivity index (χ4n) is 2.65. The summed E-state index contributed by atoms with van der Waals surface area (Å²) in [6.07, 6.45) is 1.74. The Kier molecular flexibility index (Phi) is 5.93. The summed E-state index contributed by atoms with van der Waals surface area (Å²) in [6, 6.07) is 12.7. The number of benzene rings is 2. The molecule has 3 rings (SSSR count). The number of anilines is 1. The van der Waals surface area contributed by atoms with E-state index in [1.54, 1.807) is 24.3 Å². The van der Waals surface area contributed by atoms with Crippen LogP contribution in [-0.2, 0) is 14.8 Å². The number of halogens is 1. The third kappa shape index (κ3) is 4.62. The molecule has 6 nitrogen and oxygen atoms in total. The summed E-state index contributed by atoms with van der Waals surface area (Å²) >= 11 is 6.00. The lowest BCUT2D eigenvalue weighted by Gasteiger charge is -2.12. The highest BCUT2D eigenvalue weighted by atomic mass is 35.5. The quantitative estimate of drug-likeness (QED) is 0.788. The van der Waals surface area contributed by atoms with Gasteiger partial charge in [0, 0.05) is 18.8 Å². The summed E-state index contributed by atoms with van der Waals surface area (Å²) in [7, 11) is -3.62. The maximum atomic E-state index is 12.3. The van der Waals surface area contributed by atoms with E-state index in [1.165, 1.54) is 24.3 Å². The van der Waals surface area contributed by atoms with Gasteiger partial charge in [-0.25, -0.2) is 13.1 Å². The van der Waals surface area contributed by atoms with Crippen molar-refractivity contribution in [3.8, 4) is 0 Å². The van der Waals surface area contributed by atoms with Crippen LogP contribution in [0.1, 0.15) is 23.2 Å². The van der Waals surface area contributed by atoms with E-state index in [0.717, 1.165) is 12.8 Å². The second kappa shape index (κ2) is 8.18. The Bertz CT molecular complexity index is 878. The standard InChI is InChI=1S/C18H19ClN2O4S/c19-17-6-2-1-5-16(17)18(22)21-13-7-9-15(10-8-13)26(23,24)20-12-14-4-3-11-25-14/h1-2,5-10,14,20H,3-4,11-12H2,(H,21,22). The third-order valence-electron chi connectivity index (χ3n) is 4.07. The molecule has 0 spiro atoms. The van der Waals surface area contributed by atoms with Crippen molar-refractivity contribution in [1.82, 2.24) is 4.72 Å². The molecule has 2 N–H and O–H groups in total. The van der Waals surface area contributed by atoms with Crippen LogP contribution in [0.25, 0.3) is 0 Å². The summed E-state index contributed by atoms with van der Waals surface area (Å²) in [5, 5.41) is 3.05. The van der Waals surface area contributed by atoms with E-state index in [9.17, 15) is 13.2 Å². The monoisotopic (exact) mass is 394 g/mol. The van der Waals surface area contributed by atoms with E-state index in [4.69, 9.17) is 16.3 Å². The summed E-state index contributed by atoms with van der Waals surface area (Å²) in [5.74, 6) is -0.359. The summed E-state index contributed by atoms with van der Waals surface area (Å²) in [5.41, 5.74) is 0.831. The van der Waals surface area contributed by atoms with Crippen molar-refractivity contribution in [3.05, 3.63) is 59.1 Å². The number of ether oxygens (including phenoxy) is 1. The maximum absolute atomic E-state index is 12.3. The lowest BCUT2D eigenvalue weighted by Crippen LogP contribution is -2.31. The topological polar surface area (TPSA) is 84.5 Å². The van der Waals surface area contributed by atoms with Crippen LogP contribution in [0.4, 0.5) is 5.69 Å². The summed E-state index contributed by atoms with van der Waals surface area (Å²) in [6.45, 7) is 0.930. The molecule has 1 unspecified atom stereocenters. The van der Waals surface area contributed by atoms with Crippen LogP contribution in [0.3, 0.4) is 0 Å². The SMILES string of the molecule is O=C(Nc1ccc(S(=O)(=O)NCC2CCCO2)cc1)c1ccccc1Cl. The average Bonchev–Trinajstić information content (AvgIpc) is 3.14. The van der Waals surface area contributed by atoms with Crippen LogP contribution in [0.2, 0.25) is 5.02 Å². The van der Waals surface area contributed by atoms with Crippen LogP contribution in [0.15, 0.2) is 53.4 Å². The Labute approximate surface area is 157 Å². The average molecular weight is 395 g/mol. The molecule has 26 heavy (non-hydrogen) atoms. The van der Waals surface area contributed by atoms with Crippen LogP contribution in [-0.4, -0.2) is 33.6 Å². The molecule has 138 valence electrons. The van der Waals surface area contributed by atoms with Gasteiger partial charge in [-0.05, 0) is 49.2 Å². The first-order chi connectivity index (χ1) is 12.5. The van der Waals surface area contributed by atoms with E-state index in [2.05, 4.69) is 10.0 Å². The van der Waals surface area contributed by atoms with Gasteiger partial charge in [0.15, 0.2) is 0 Å². The number of carbonyl (C=O) groups is 1. The molecule has 0 aliphatic carbocycles. The van der Waals surface area contributed by atoms with E-state index in [0.29, 0.717) is 22.9 Å². The molecule has 0 aromatic heterocycles. The van der Waals surface area contributed by atoms with Crippen LogP contribution < -0.4 is 10.0 Å². The highest BCUT2D eigenvalue weighted by Crippen LogP contribution is 2.19. The molecule has 2 aromatic rings. The van der Waals surface area contributed by atoms with Gasteiger partial charge in [0.05, 0.1) is 21.6 Å². The van der Waals surface area contributed by atoms with E-state index in [1.807, 2.05) is 0 Å². The van der Waals surface area contributed by atoms with Gasteiger partial charge in [0.2, 0.25) is 10.0 Å². The zero-order chi connectivity index (χ0) is 18.6. The van der Waals surface area contributed by atoms with Crippen LogP contribution >= 0.6 is 11.6 Å². The number of hydrogen-bond acceptors (Lipinski definition) is 4. The first-order valence-electron chi connectivity index (χ1n) is 8.23. The Hall–Kier alpha value is -1.93. The Morgan fingerprint density at radius 3 is 2.54 bits per heavy atom. The van der Waals surface area contributed by atoms with Gasteiger partial charge < -0.3 is 10.1 Å². The van der Waals surface area contributed by atoms with Gasteiger partial charge in [-0.3, -0.25) is 4.79 Å². The molecular formula is C18H19ClN2O4S. The molecule has 0 radical (unpaired) electrons. The number of hydrogen-bond donors (Lipinski definition) is 2. The number of rotatable bonds is 6. The highest BCUT2D eigenvalue weighted by molar-refractivity contribution is 7.89. The van der Waals surface area contributed by atoms with Crippen LogP contribution in [0, 0.1) is 0 Å². The van der Waals surface area contributed by atoms with Gasteiger partial charge in [-0.2, -0.15) is 0 Å². The molecule has 1 fully saturated rings. The van der Waals surface area contributed by atoms with E-state index in [-0.39, 0.29) is 23.5 Å². The van der Waals surface area contributed by atoms with Crippen LogP contribution in [0.5, 0.6) is 0 Å². The predicted octanol–water partition coefficient (Wildman–Crippen LogP) is 3.05. The maximum Gasteiger partial charge on any atom is 0.257 e. The second-order valence-electron chi connectivity index (χ2n) is 5.95. The Balaban J connectivity index is 1.64. The summed E-state index contributed by atoms with van der Waals surface area (Å²) in [4.78, 5) is 12.4. The first-order valence-corrected chi connectivity index (χ1v) is 10.1. The molecule has 1 atom stereocenters. The van der Waals surface area contributed by atoms with Crippen molar-refractivity contribution in [2.75, 3.05) is 18.5 Å². The normalized spacial score (nSPS) is 17.2. The molecular weight excluding hydrogens is 376 g/mol. The second-order valence-corrected chi connectivity index (χ2v) is 8.12. The molecule has 1 saturated heterocycles. The van der Waals surface area contributed by atoms with Crippen molar-refractivity contribution >= 4 is 33.2 Å².